The second-order valence-electron chi connectivity index (χ2n) is 3.56. The van der Waals surface area contributed by atoms with Crippen molar-refractivity contribution in [2.75, 3.05) is 0 Å². The SMILES string of the molecule is Cc1ccnc(Sc2ccoc2C)c1CN. The van der Waals surface area contributed by atoms with Crippen LogP contribution in [0.25, 0.3) is 0 Å². The lowest BCUT2D eigenvalue weighted by atomic mass is 10.2. The summed E-state index contributed by atoms with van der Waals surface area (Å²) in [5, 5.41) is 0.965. The molecule has 0 aliphatic rings. The molecule has 0 saturated heterocycles. The number of nitrogens with two attached hydrogens (primary N) is 1. The van der Waals surface area contributed by atoms with Crippen LogP contribution >= 0.6 is 11.8 Å². The number of furan rings is 1. The molecule has 2 aromatic heterocycles. The molecule has 0 radical (unpaired) electrons. The summed E-state index contributed by atoms with van der Waals surface area (Å²) < 4.78 is 5.26. The van der Waals surface area contributed by atoms with E-state index in [1.807, 2.05) is 25.3 Å². The van der Waals surface area contributed by atoms with Gasteiger partial charge in [0.1, 0.15) is 10.8 Å². The summed E-state index contributed by atoms with van der Waals surface area (Å²) in [6.45, 7) is 4.51. The number of aromatic nitrogens is 1. The van der Waals surface area contributed by atoms with Gasteiger partial charge in [0.2, 0.25) is 0 Å². The van der Waals surface area contributed by atoms with Crippen LogP contribution in [0.2, 0.25) is 0 Å². The van der Waals surface area contributed by atoms with Crippen molar-refractivity contribution in [2.24, 2.45) is 5.73 Å². The summed E-state index contributed by atoms with van der Waals surface area (Å²) in [5.74, 6) is 0.913. The molecular weight excluding hydrogens is 220 g/mol. The Balaban J connectivity index is 2.35. The third-order valence-electron chi connectivity index (χ3n) is 2.47. The highest BCUT2D eigenvalue weighted by molar-refractivity contribution is 7.99. The highest BCUT2D eigenvalue weighted by atomic mass is 32.2. The molecule has 0 saturated carbocycles. The lowest BCUT2D eigenvalue weighted by Gasteiger charge is -2.08. The standard InChI is InChI=1S/C12H14N2OS/c1-8-3-5-14-12(10(8)7-13)16-11-4-6-15-9(11)2/h3-6H,7,13H2,1-2H3. The molecule has 84 valence electrons. The van der Waals surface area contributed by atoms with Gasteiger partial charge in [-0.3, -0.25) is 0 Å². The summed E-state index contributed by atoms with van der Waals surface area (Å²) in [6, 6.07) is 3.93. The monoisotopic (exact) mass is 234 g/mol. The second-order valence-corrected chi connectivity index (χ2v) is 4.59. The summed E-state index contributed by atoms with van der Waals surface area (Å²) in [7, 11) is 0. The third kappa shape index (κ3) is 2.13. The smallest absolute Gasteiger partial charge is 0.114 e. The highest BCUT2D eigenvalue weighted by Gasteiger charge is 2.10. The maximum atomic E-state index is 5.74. The predicted octanol–water partition coefficient (Wildman–Crippen LogP) is 2.90. The zero-order valence-electron chi connectivity index (χ0n) is 9.36. The molecule has 0 bridgehead atoms. The maximum Gasteiger partial charge on any atom is 0.114 e. The number of aryl methyl sites for hydroxylation is 2. The van der Waals surface area contributed by atoms with Crippen molar-refractivity contribution < 1.29 is 4.42 Å². The van der Waals surface area contributed by atoms with Crippen molar-refractivity contribution in [1.82, 2.24) is 4.98 Å². The first-order chi connectivity index (χ1) is 7.72. The van der Waals surface area contributed by atoms with Gasteiger partial charge in [0, 0.05) is 18.3 Å². The van der Waals surface area contributed by atoms with Crippen molar-refractivity contribution in [3.8, 4) is 0 Å². The Bertz CT molecular complexity index is 494. The van der Waals surface area contributed by atoms with Gasteiger partial charge in [-0.2, -0.15) is 0 Å². The lowest BCUT2D eigenvalue weighted by molar-refractivity contribution is 0.527. The zero-order valence-corrected chi connectivity index (χ0v) is 10.2. The van der Waals surface area contributed by atoms with Gasteiger partial charge in [0.05, 0.1) is 11.2 Å². The van der Waals surface area contributed by atoms with Crippen LogP contribution < -0.4 is 5.73 Å². The number of hydrogen-bond donors (Lipinski definition) is 1. The predicted molar refractivity (Wildman–Crippen MR) is 64.4 cm³/mol. The molecule has 0 aromatic carbocycles. The molecule has 0 fully saturated rings. The molecule has 0 aliphatic heterocycles. The lowest BCUT2D eigenvalue weighted by Crippen LogP contribution is -2.02. The molecule has 0 spiro atoms. The van der Waals surface area contributed by atoms with E-state index in [0.717, 1.165) is 21.2 Å². The number of hydrogen-bond acceptors (Lipinski definition) is 4. The maximum absolute atomic E-state index is 5.74. The van der Waals surface area contributed by atoms with Crippen LogP contribution in [0.5, 0.6) is 0 Å². The topological polar surface area (TPSA) is 52.0 Å². The van der Waals surface area contributed by atoms with Crippen LogP contribution in [-0.2, 0) is 6.54 Å². The first-order valence-electron chi connectivity index (χ1n) is 5.09. The van der Waals surface area contributed by atoms with Crippen molar-refractivity contribution in [2.45, 2.75) is 30.3 Å². The summed E-state index contributed by atoms with van der Waals surface area (Å²) in [5.41, 5.74) is 8.03. The molecule has 2 aromatic rings. The van der Waals surface area contributed by atoms with Gasteiger partial charge >= 0.3 is 0 Å². The van der Waals surface area contributed by atoms with E-state index in [9.17, 15) is 0 Å². The first-order valence-corrected chi connectivity index (χ1v) is 5.90. The van der Waals surface area contributed by atoms with Gasteiger partial charge < -0.3 is 10.2 Å². The van der Waals surface area contributed by atoms with E-state index in [4.69, 9.17) is 10.2 Å². The minimum atomic E-state index is 0.513. The van der Waals surface area contributed by atoms with Crippen molar-refractivity contribution in [1.29, 1.82) is 0 Å². The molecule has 2 heterocycles. The molecule has 0 amide bonds. The van der Waals surface area contributed by atoms with Crippen LogP contribution in [0.1, 0.15) is 16.9 Å². The summed E-state index contributed by atoms with van der Waals surface area (Å²) in [4.78, 5) is 5.46. The van der Waals surface area contributed by atoms with E-state index in [-0.39, 0.29) is 0 Å². The van der Waals surface area contributed by atoms with Gasteiger partial charge in [-0.05, 0) is 31.5 Å². The van der Waals surface area contributed by atoms with Crippen LogP contribution in [0.3, 0.4) is 0 Å². The largest absolute Gasteiger partial charge is 0.468 e. The highest BCUT2D eigenvalue weighted by Crippen LogP contribution is 2.32. The van der Waals surface area contributed by atoms with Gasteiger partial charge in [-0.15, -0.1) is 0 Å². The summed E-state index contributed by atoms with van der Waals surface area (Å²) >= 11 is 1.60. The van der Waals surface area contributed by atoms with Gasteiger partial charge in [0.25, 0.3) is 0 Å². The van der Waals surface area contributed by atoms with Crippen molar-refractivity contribution in [3.05, 3.63) is 41.5 Å². The molecule has 3 nitrogen and oxygen atoms in total. The van der Waals surface area contributed by atoms with Crippen LogP contribution in [-0.4, -0.2) is 4.98 Å². The van der Waals surface area contributed by atoms with Crippen LogP contribution in [0.4, 0.5) is 0 Å². The fourth-order valence-electron chi connectivity index (χ4n) is 1.48. The average Bonchev–Trinajstić information content (AvgIpc) is 2.65. The Morgan fingerprint density at radius 1 is 1.38 bits per heavy atom. The molecular formula is C12H14N2OS. The van der Waals surface area contributed by atoms with Crippen molar-refractivity contribution >= 4 is 11.8 Å². The first kappa shape index (κ1) is 11.2. The van der Waals surface area contributed by atoms with E-state index in [0.29, 0.717) is 6.54 Å². The number of pyridine rings is 1. The van der Waals surface area contributed by atoms with Gasteiger partial charge in [-0.1, -0.05) is 11.8 Å². The zero-order chi connectivity index (χ0) is 11.5. The van der Waals surface area contributed by atoms with E-state index >= 15 is 0 Å². The Hall–Kier alpha value is -1.26. The molecule has 4 heteroatoms. The third-order valence-corrected chi connectivity index (χ3v) is 3.66. The molecule has 2 N–H and O–H groups in total. The van der Waals surface area contributed by atoms with E-state index in [2.05, 4.69) is 11.9 Å². The molecule has 0 atom stereocenters. The average molecular weight is 234 g/mol. The number of nitrogens with zero attached hydrogens (tertiary/aromatic N) is 1. The van der Waals surface area contributed by atoms with E-state index in [1.165, 1.54) is 5.56 Å². The molecule has 16 heavy (non-hydrogen) atoms. The van der Waals surface area contributed by atoms with Crippen LogP contribution in [0, 0.1) is 13.8 Å². The van der Waals surface area contributed by atoms with E-state index in [1.54, 1.807) is 18.0 Å². The Morgan fingerprint density at radius 2 is 2.19 bits per heavy atom. The van der Waals surface area contributed by atoms with Gasteiger partial charge in [-0.25, -0.2) is 4.98 Å². The van der Waals surface area contributed by atoms with Crippen molar-refractivity contribution in [3.63, 3.8) is 0 Å². The summed E-state index contributed by atoms with van der Waals surface area (Å²) in [6.07, 6.45) is 3.50. The molecule has 2 rings (SSSR count). The Kier molecular flexibility index (Phi) is 3.31. The second kappa shape index (κ2) is 4.72. The molecule has 0 unspecified atom stereocenters. The normalized spacial score (nSPS) is 10.7. The Labute approximate surface area is 99.1 Å². The minimum absolute atomic E-state index is 0.513. The Morgan fingerprint density at radius 3 is 2.81 bits per heavy atom. The van der Waals surface area contributed by atoms with E-state index < -0.39 is 0 Å². The fraction of sp³-hybridized carbons (Fsp3) is 0.250. The number of rotatable bonds is 3. The fourth-order valence-corrected chi connectivity index (χ4v) is 2.49. The molecule has 0 aliphatic carbocycles. The quantitative estimate of drug-likeness (QED) is 0.887. The minimum Gasteiger partial charge on any atom is -0.468 e. The van der Waals surface area contributed by atoms with Gasteiger partial charge in [0.15, 0.2) is 0 Å². The van der Waals surface area contributed by atoms with Crippen LogP contribution in [0.15, 0.2) is 38.9 Å².